The number of carbonyl (C=O) groups is 1. The third-order valence-electron chi connectivity index (χ3n) is 4.63. The van der Waals surface area contributed by atoms with Gasteiger partial charge < -0.3 is 28.7 Å². The molecule has 1 fully saturated rings. The van der Waals surface area contributed by atoms with Gasteiger partial charge in [-0.2, -0.15) is 5.10 Å². The van der Waals surface area contributed by atoms with Gasteiger partial charge in [0.2, 0.25) is 6.29 Å². The molecule has 1 aromatic rings. The maximum Gasteiger partial charge on any atom is 0.410 e. The Balaban J connectivity index is 2.31. The molecular formula is C21H34N4O5. The van der Waals surface area contributed by atoms with Crippen LogP contribution in [0.25, 0.3) is 0 Å². The van der Waals surface area contributed by atoms with Gasteiger partial charge in [-0.1, -0.05) is 5.92 Å². The van der Waals surface area contributed by atoms with Crippen molar-refractivity contribution >= 4 is 11.9 Å². The average Bonchev–Trinajstić information content (AvgIpc) is 3.04. The minimum Gasteiger partial charge on any atom is -0.444 e. The third kappa shape index (κ3) is 5.88. The fourth-order valence-corrected chi connectivity index (χ4v) is 3.36. The number of hydrogen-bond acceptors (Lipinski definition) is 7. The lowest BCUT2D eigenvalue weighted by molar-refractivity contribution is -0.109. The molecule has 2 heterocycles. The summed E-state index contributed by atoms with van der Waals surface area (Å²) in [6, 6.07) is 0. The number of ether oxygens (including phenoxy) is 4. The van der Waals surface area contributed by atoms with Crippen LogP contribution in [0.2, 0.25) is 0 Å². The SMILES string of the molecule is CC#CCc1c(C(OC)OC)nn(COC)c1N1CCN(C(=O)OC(C)(C)C)CC1. The quantitative estimate of drug-likeness (QED) is 0.493. The minimum atomic E-state index is -0.599. The van der Waals surface area contributed by atoms with Gasteiger partial charge in [-0.05, 0) is 27.7 Å². The molecule has 0 aromatic carbocycles. The molecule has 168 valence electrons. The fraction of sp³-hybridized carbons (Fsp3) is 0.714. The topological polar surface area (TPSA) is 78.3 Å². The molecule has 9 heteroatoms. The number of amides is 1. The number of rotatable bonds is 7. The van der Waals surface area contributed by atoms with Crippen LogP contribution < -0.4 is 4.90 Å². The molecule has 9 nitrogen and oxygen atoms in total. The standard InChI is InChI=1S/C21H34N4O5/c1-8-9-10-16-17(19(28-6)29-7)22-25(15-27-5)18(16)23-11-13-24(14-12-23)20(26)30-21(2,3)4/h19H,10-15H2,1-7H3. The second kappa shape index (κ2) is 10.7. The molecule has 0 bridgehead atoms. The Morgan fingerprint density at radius 2 is 1.77 bits per heavy atom. The summed E-state index contributed by atoms with van der Waals surface area (Å²) in [7, 11) is 4.79. The summed E-state index contributed by atoms with van der Waals surface area (Å²) in [5.74, 6) is 6.99. The molecule has 1 aliphatic heterocycles. The predicted molar refractivity (Wildman–Crippen MR) is 113 cm³/mol. The predicted octanol–water partition coefficient (Wildman–Crippen LogP) is 2.40. The van der Waals surface area contributed by atoms with Gasteiger partial charge in [0.25, 0.3) is 0 Å². The summed E-state index contributed by atoms with van der Waals surface area (Å²) in [6.07, 6.45) is -0.372. The zero-order valence-electron chi connectivity index (χ0n) is 19.2. The maximum atomic E-state index is 12.4. The molecule has 0 N–H and O–H groups in total. The number of aromatic nitrogens is 2. The summed E-state index contributed by atoms with van der Waals surface area (Å²) in [5.41, 5.74) is 1.12. The van der Waals surface area contributed by atoms with E-state index in [2.05, 4.69) is 16.7 Å². The van der Waals surface area contributed by atoms with E-state index in [1.165, 1.54) is 0 Å². The molecule has 0 aliphatic carbocycles. The molecule has 0 spiro atoms. The lowest BCUT2D eigenvalue weighted by Crippen LogP contribution is -2.50. The lowest BCUT2D eigenvalue weighted by atomic mass is 10.1. The molecule has 1 saturated heterocycles. The zero-order chi connectivity index (χ0) is 22.3. The van der Waals surface area contributed by atoms with E-state index in [-0.39, 0.29) is 12.8 Å². The molecule has 0 atom stereocenters. The van der Waals surface area contributed by atoms with Gasteiger partial charge >= 0.3 is 6.09 Å². The Morgan fingerprint density at radius 1 is 1.13 bits per heavy atom. The molecule has 0 unspecified atom stereocenters. The normalized spacial score (nSPS) is 14.7. The van der Waals surface area contributed by atoms with E-state index >= 15 is 0 Å². The number of piperazine rings is 1. The molecule has 1 amide bonds. The highest BCUT2D eigenvalue weighted by Gasteiger charge is 2.31. The van der Waals surface area contributed by atoms with Crippen LogP contribution in [0.3, 0.4) is 0 Å². The summed E-state index contributed by atoms with van der Waals surface area (Å²) in [6.45, 7) is 10.1. The first-order valence-corrected chi connectivity index (χ1v) is 10.0. The van der Waals surface area contributed by atoms with Gasteiger partial charge in [-0.15, -0.1) is 5.92 Å². The molecule has 2 rings (SSSR count). The first kappa shape index (κ1) is 24.0. The Hall–Kier alpha value is -2.28. The van der Waals surface area contributed by atoms with Crippen molar-refractivity contribution in [1.29, 1.82) is 0 Å². The van der Waals surface area contributed by atoms with Crippen molar-refractivity contribution in [3.8, 4) is 11.8 Å². The van der Waals surface area contributed by atoms with Crippen LogP contribution in [-0.2, 0) is 32.1 Å². The van der Waals surface area contributed by atoms with Crippen molar-refractivity contribution in [3.63, 3.8) is 0 Å². The number of hydrogen-bond donors (Lipinski definition) is 0. The lowest BCUT2D eigenvalue weighted by Gasteiger charge is -2.37. The number of nitrogens with zero attached hydrogens (tertiary/aromatic N) is 4. The van der Waals surface area contributed by atoms with Crippen molar-refractivity contribution in [1.82, 2.24) is 14.7 Å². The Morgan fingerprint density at radius 3 is 2.27 bits per heavy atom. The molecule has 0 radical (unpaired) electrons. The van der Waals surface area contributed by atoms with Gasteiger partial charge in [0, 0.05) is 59.5 Å². The van der Waals surface area contributed by atoms with Gasteiger partial charge in [0.05, 0.1) is 0 Å². The van der Waals surface area contributed by atoms with Crippen LogP contribution in [0.5, 0.6) is 0 Å². The van der Waals surface area contributed by atoms with Gasteiger partial charge in [0.15, 0.2) is 0 Å². The Kier molecular flexibility index (Phi) is 8.53. The molecule has 1 aliphatic rings. The largest absolute Gasteiger partial charge is 0.444 e. The minimum absolute atomic E-state index is 0.286. The van der Waals surface area contributed by atoms with Crippen LogP contribution in [0.4, 0.5) is 10.6 Å². The van der Waals surface area contributed by atoms with Gasteiger partial charge in [-0.3, -0.25) is 0 Å². The second-order valence-electron chi connectivity index (χ2n) is 7.97. The average molecular weight is 423 g/mol. The van der Waals surface area contributed by atoms with E-state index in [1.807, 2.05) is 27.7 Å². The Bertz CT molecular complexity index is 763. The summed E-state index contributed by atoms with van der Waals surface area (Å²) in [5, 5.41) is 4.70. The highest BCUT2D eigenvalue weighted by Crippen LogP contribution is 2.31. The van der Waals surface area contributed by atoms with Crippen LogP contribution in [0.15, 0.2) is 0 Å². The van der Waals surface area contributed by atoms with Crippen molar-refractivity contribution < 1.29 is 23.7 Å². The number of methoxy groups -OCH3 is 3. The van der Waals surface area contributed by atoms with Crippen molar-refractivity contribution in [2.75, 3.05) is 52.4 Å². The molecule has 30 heavy (non-hydrogen) atoms. The smallest absolute Gasteiger partial charge is 0.410 e. The monoisotopic (exact) mass is 422 g/mol. The van der Waals surface area contributed by atoms with Crippen LogP contribution in [0.1, 0.15) is 45.2 Å². The van der Waals surface area contributed by atoms with E-state index in [0.29, 0.717) is 38.3 Å². The first-order valence-electron chi connectivity index (χ1n) is 10.0. The van der Waals surface area contributed by atoms with Crippen LogP contribution >= 0.6 is 0 Å². The van der Waals surface area contributed by atoms with E-state index < -0.39 is 11.9 Å². The van der Waals surface area contributed by atoms with E-state index in [0.717, 1.165) is 11.4 Å². The summed E-state index contributed by atoms with van der Waals surface area (Å²) in [4.78, 5) is 16.3. The summed E-state index contributed by atoms with van der Waals surface area (Å²) >= 11 is 0. The molecular weight excluding hydrogens is 388 g/mol. The van der Waals surface area contributed by atoms with Gasteiger partial charge in [-0.25, -0.2) is 9.48 Å². The van der Waals surface area contributed by atoms with E-state index in [1.54, 1.807) is 30.9 Å². The third-order valence-corrected chi connectivity index (χ3v) is 4.63. The highest BCUT2D eigenvalue weighted by atomic mass is 16.7. The summed E-state index contributed by atoms with van der Waals surface area (Å²) < 4.78 is 23.6. The van der Waals surface area contributed by atoms with Crippen molar-refractivity contribution in [3.05, 3.63) is 11.3 Å². The van der Waals surface area contributed by atoms with E-state index in [4.69, 9.17) is 24.0 Å². The number of anilines is 1. The maximum absolute atomic E-state index is 12.4. The molecule has 0 saturated carbocycles. The first-order chi connectivity index (χ1) is 14.3. The van der Waals surface area contributed by atoms with Crippen LogP contribution in [0, 0.1) is 11.8 Å². The van der Waals surface area contributed by atoms with E-state index in [9.17, 15) is 4.79 Å². The van der Waals surface area contributed by atoms with Crippen LogP contribution in [-0.4, -0.2) is 73.9 Å². The highest BCUT2D eigenvalue weighted by molar-refractivity contribution is 5.68. The Labute approximate surface area is 179 Å². The molecule has 1 aromatic heterocycles. The van der Waals surface area contributed by atoms with Crippen molar-refractivity contribution in [2.24, 2.45) is 0 Å². The van der Waals surface area contributed by atoms with Crippen molar-refractivity contribution in [2.45, 2.75) is 52.7 Å². The second-order valence-corrected chi connectivity index (χ2v) is 7.97. The number of carbonyl (C=O) groups excluding carboxylic acids is 1. The fourth-order valence-electron chi connectivity index (χ4n) is 3.36. The van der Waals surface area contributed by atoms with Gasteiger partial charge in [0.1, 0.15) is 23.8 Å². The zero-order valence-corrected chi connectivity index (χ0v) is 19.2.